The summed E-state index contributed by atoms with van der Waals surface area (Å²) < 4.78 is 17.9. The van der Waals surface area contributed by atoms with Crippen molar-refractivity contribution in [1.82, 2.24) is 0 Å². The molecule has 0 aliphatic carbocycles. The SMILES string of the molecule is CCOc1cc(C)c(C(=O)O)c(/C=C/C[C@@H]2OC(C)(C)O[C@@H]2C(C)/C=C\[C@@H](C)[C@@H](C)O)c1. The van der Waals surface area contributed by atoms with Gasteiger partial charge < -0.3 is 24.4 Å². The second-order valence-electron chi connectivity index (χ2n) is 9.06. The fourth-order valence-electron chi connectivity index (χ4n) is 3.90. The molecule has 5 atom stereocenters. The average molecular weight is 447 g/mol. The Hall–Kier alpha value is -2.15. The number of benzene rings is 1. The molecule has 0 bridgehead atoms. The van der Waals surface area contributed by atoms with Gasteiger partial charge in [0.25, 0.3) is 0 Å². The van der Waals surface area contributed by atoms with Crippen LogP contribution in [0, 0.1) is 18.8 Å². The molecule has 0 amide bonds. The molecular formula is C26H38O6. The van der Waals surface area contributed by atoms with Crippen LogP contribution in [0.1, 0.15) is 69.4 Å². The van der Waals surface area contributed by atoms with Crippen LogP contribution in [0.2, 0.25) is 0 Å². The number of aliphatic hydroxyl groups excluding tert-OH is 1. The number of aromatic carboxylic acids is 1. The summed E-state index contributed by atoms with van der Waals surface area (Å²) in [5.41, 5.74) is 1.54. The van der Waals surface area contributed by atoms with Crippen molar-refractivity contribution in [3.63, 3.8) is 0 Å². The van der Waals surface area contributed by atoms with Gasteiger partial charge >= 0.3 is 5.97 Å². The molecule has 1 aliphatic rings. The molecule has 0 radical (unpaired) electrons. The minimum Gasteiger partial charge on any atom is -0.494 e. The van der Waals surface area contributed by atoms with Crippen molar-refractivity contribution in [2.45, 2.75) is 79.0 Å². The molecule has 0 spiro atoms. The van der Waals surface area contributed by atoms with Gasteiger partial charge in [0.15, 0.2) is 5.79 Å². The lowest BCUT2D eigenvalue weighted by atomic mass is 9.94. The number of rotatable bonds is 10. The Balaban J connectivity index is 2.21. The van der Waals surface area contributed by atoms with Crippen LogP contribution in [0.15, 0.2) is 30.4 Å². The van der Waals surface area contributed by atoms with Crippen LogP contribution in [-0.4, -0.2) is 46.9 Å². The third-order valence-electron chi connectivity index (χ3n) is 5.75. The van der Waals surface area contributed by atoms with E-state index in [1.807, 2.05) is 45.9 Å². The predicted molar refractivity (Wildman–Crippen MR) is 126 cm³/mol. The second kappa shape index (κ2) is 11.1. The molecular weight excluding hydrogens is 408 g/mol. The Kier molecular flexibility index (Phi) is 9.08. The smallest absolute Gasteiger partial charge is 0.336 e. The molecule has 2 rings (SSSR count). The highest BCUT2D eigenvalue weighted by molar-refractivity contribution is 5.94. The van der Waals surface area contributed by atoms with Crippen LogP contribution in [0.4, 0.5) is 0 Å². The number of carboxylic acids is 1. The normalized spacial score (nSPS) is 23.5. The fraction of sp³-hybridized carbons (Fsp3) is 0.577. The summed E-state index contributed by atoms with van der Waals surface area (Å²) in [4.78, 5) is 11.8. The molecule has 1 aliphatic heterocycles. The first-order valence-corrected chi connectivity index (χ1v) is 11.3. The summed E-state index contributed by atoms with van der Waals surface area (Å²) in [7, 11) is 0. The summed E-state index contributed by atoms with van der Waals surface area (Å²) in [6.07, 6.45) is 7.69. The van der Waals surface area contributed by atoms with E-state index in [9.17, 15) is 15.0 Å². The summed E-state index contributed by atoms with van der Waals surface area (Å²) in [6.45, 7) is 13.8. The van der Waals surface area contributed by atoms with Crippen LogP contribution in [0.3, 0.4) is 0 Å². The van der Waals surface area contributed by atoms with Crippen LogP contribution >= 0.6 is 0 Å². The largest absolute Gasteiger partial charge is 0.494 e. The van der Waals surface area contributed by atoms with Crippen molar-refractivity contribution in [3.8, 4) is 5.75 Å². The lowest BCUT2D eigenvalue weighted by molar-refractivity contribution is -0.148. The van der Waals surface area contributed by atoms with Gasteiger partial charge in [-0.2, -0.15) is 0 Å². The number of carbonyl (C=O) groups is 1. The second-order valence-corrected chi connectivity index (χ2v) is 9.06. The summed E-state index contributed by atoms with van der Waals surface area (Å²) >= 11 is 0. The molecule has 1 aromatic carbocycles. The highest BCUT2D eigenvalue weighted by Crippen LogP contribution is 2.35. The van der Waals surface area contributed by atoms with Crippen LogP contribution < -0.4 is 4.74 Å². The quantitative estimate of drug-likeness (QED) is 0.479. The van der Waals surface area contributed by atoms with Crippen molar-refractivity contribution in [2.24, 2.45) is 11.8 Å². The van der Waals surface area contributed by atoms with Gasteiger partial charge in [0.2, 0.25) is 0 Å². The molecule has 1 fully saturated rings. The maximum absolute atomic E-state index is 11.8. The van der Waals surface area contributed by atoms with Gasteiger partial charge in [0.05, 0.1) is 30.5 Å². The van der Waals surface area contributed by atoms with Gasteiger partial charge in [-0.05, 0) is 70.2 Å². The predicted octanol–water partition coefficient (Wildman–Crippen LogP) is 5.22. The molecule has 178 valence electrons. The van der Waals surface area contributed by atoms with E-state index in [4.69, 9.17) is 14.2 Å². The van der Waals surface area contributed by atoms with Crippen LogP contribution in [0.25, 0.3) is 6.08 Å². The number of hydrogen-bond donors (Lipinski definition) is 2. The Bertz CT molecular complexity index is 839. The standard InChI is InChI=1S/C26H38O6/c1-8-30-21-14-18(4)23(25(28)29)20(15-21)10-9-11-22-24(32-26(6,7)31-22)17(3)13-12-16(2)19(5)27/h9-10,12-17,19,22,24,27H,8,11H2,1-7H3,(H,28,29)/b10-9+,13-12-/t16-,17?,19-,22+,24-/m1/s1. The molecule has 1 unspecified atom stereocenters. The van der Waals surface area contributed by atoms with Gasteiger partial charge in [0, 0.05) is 5.92 Å². The first kappa shape index (κ1) is 26.1. The fourth-order valence-corrected chi connectivity index (χ4v) is 3.90. The van der Waals surface area contributed by atoms with E-state index in [-0.39, 0.29) is 29.6 Å². The molecule has 1 heterocycles. The van der Waals surface area contributed by atoms with Gasteiger partial charge in [-0.1, -0.05) is 38.2 Å². The van der Waals surface area contributed by atoms with E-state index in [1.165, 1.54) is 0 Å². The van der Waals surface area contributed by atoms with Crippen molar-refractivity contribution in [3.05, 3.63) is 47.1 Å². The molecule has 2 N–H and O–H groups in total. The minimum absolute atomic E-state index is 0.0569. The van der Waals surface area contributed by atoms with E-state index < -0.39 is 17.9 Å². The number of aliphatic hydroxyl groups is 1. The van der Waals surface area contributed by atoms with Crippen molar-refractivity contribution in [2.75, 3.05) is 6.61 Å². The van der Waals surface area contributed by atoms with E-state index >= 15 is 0 Å². The van der Waals surface area contributed by atoms with Gasteiger partial charge in [-0.3, -0.25) is 0 Å². The summed E-state index contributed by atoms with van der Waals surface area (Å²) in [5.74, 6) is -0.856. The average Bonchev–Trinajstić information content (AvgIpc) is 2.99. The van der Waals surface area contributed by atoms with E-state index in [0.717, 1.165) is 0 Å². The Morgan fingerprint density at radius 3 is 2.50 bits per heavy atom. The third kappa shape index (κ3) is 6.92. The molecule has 0 aromatic heterocycles. The number of carboxylic acid groups (broad SMARTS) is 1. The summed E-state index contributed by atoms with van der Waals surface area (Å²) in [6, 6.07) is 3.51. The maximum Gasteiger partial charge on any atom is 0.336 e. The summed E-state index contributed by atoms with van der Waals surface area (Å²) in [5, 5.41) is 19.4. The number of ether oxygens (including phenoxy) is 3. The maximum atomic E-state index is 11.8. The van der Waals surface area contributed by atoms with E-state index in [0.29, 0.717) is 29.9 Å². The highest BCUT2D eigenvalue weighted by Gasteiger charge is 2.42. The minimum atomic E-state index is -0.962. The topological polar surface area (TPSA) is 85.2 Å². The Morgan fingerprint density at radius 1 is 1.22 bits per heavy atom. The highest BCUT2D eigenvalue weighted by atomic mass is 16.8. The van der Waals surface area contributed by atoms with Crippen molar-refractivity contribution in [1.29, 1.82) is 0 Å². The van der Waals surface area contributed by atoms with Gasteiger partial charge in [0.1, 0.15) is 5.75 Å². The molecule has 1 aromatic rings. The van der Waals surface area contributed by atoms with Crippen LogP contribution in [-0.2, 0) is 9.47 Å². The Morgan fingerprint density at radius 2 is 1.91 bits per heavy atom. The lowest BCUT2D eigenvalue weighted by Gasteiger charge is -2.21. The zero-order chi connectivity index (χ0) is 24.1. The number of hydrogen-bond acceptors (Lipinski definition) is 5. The van der Waals surface area contributed by atoms with Crippen molar-refractivity contribution >= 4 is 12.0 Å². The molecule has 32 heavy (non-hydrogen) atoms. The first-order valence-electron chi connectivity index (χ1n) is 11.3. The lowest BCUT2D eigenvalue weighted by Crippen LogP contribution is -2.28. The zero-order valence-electron chi connectivity index (χ0n) is 20.3. The molecule has 0 saturated carbocycles. The van der Waals surface area contributed by atoms with Crippen molar-refractivity contribution < 1.29 is 29.2 Å². The monoisotopic (exact) mass is 446 g/mol. The van der Waals surface area contributed by atoms with Crippen LogP contribution in [0.5, 0.6) is 5.75 Å². The van der Waals surface area contributed by atoms with Gasteiger partial charge in [-0.15, -0.1) is 0 Å². The van der Waals surface area contributed by atoms with E-state index in [1.54, 1.807) is 26.0 Å². The zero-order valence-corrected chi connectivity index (χ0v) is 20.3. The Labute approximate surface area is 191 Å². The molecule has 1 saturated heterocycles. The van der Waals surface area contributed by atoms with E-state index in [2.05, 4.69) is 13.0 Å². The van der Waals surface area contributed by atoms with Gasteiger partial charge in [-0.25, -0.2) is 4.79 Å². The third-order valence-corrected chi connectivity index (χ3v) is 5.75. The number of aryl methyl sites for hydroxylation is 1. The molecule has 6 nitrogen and oxygen atoms in total. The molecule has 6 heteroatoms. The first-order chi connectivity index (χ1) is 14.9.